The predicted octanol–water partition coefficient (Wildman–Crippen LogP) is 3.13. The maximum absolute atomic E-state index is 6.06. The highest BCUT2D eigenvalue weighted by atomic mass is 35.5. The number of hydrogen-bond donors (Lipinski definition) is 0. The van der Waals surface area contributed by atoms with Gasteiger partial charge in [-0.3, -0.25) is 4.90 Å². The number of alkyl halides is 1. The van der Waals surface area contributed by atoms with Crippen LogP contribution in [0.15, 0.2) is 18.2 Å². The molecule has 0 unspecified atom stereocenters. The molecule has 5 heteroatoms. The Balaban J connectivity index is 1.81. The second-order valence-electron chi connectivity index (χ2n) is 5.26. The molecular formula is C15H20ClN3S. The van der Waals surface area contributed by atoms with Gasteiger partial charge >= 0.3 is 0 Å². The lowest BCUT2D eigenvalue weighted by Crippen LogP contribution is -2.35. The molecule has 1 aliphatic rings. The molecular weight excluding hydrogens is 290 g/mol. The van der Waals surface area contributed by atoms with E-state index >= 15 is 0 Å². The highest BCUT2D eigenvalue weighted by molar-refractivity contribution is 7.99. The maximum atomic E-state index is 6.06. The van der Waals surface area contributed by atoms with Gasteiger partial charge in [0.05, 0.1) is 16.9 Å². The highest BCUT2D eigenvalue weighted by Gasteiger charge is 2.13. The largest absolute Gasteiger partial charge is 0.326 e. The third-order valence-corrected chi connectivity index (χ3v) is 5.03. The average molecular weight is 310 g/mol. The van der Waals surface area contributed by atoms with Crippen molar-refractivity contribution in [3.8, 4) is 0 Å². The SMILES string of the molecule is Cc1ccc2c(c1)nc(CCl)n2CCN1CCSCC1. The minimum absolute atomic E-state index is 0.476. The molecule has 1 saturated heterocycles. The van der Waals surface area contributed by atoms with Crippen LogP contribution < -0.4 is 0 Å². The Kier molecular flexibility index (Phi) is 4.54. The van der Waals surface area contributed by atoms with Gasteiger partial charge in [0.2, 0.25) is 0 Å². The lowest BCUT2D eigenvalue weighted by molar-refractivity contribution is 0.290. The maximum Gasteiger partial charge on any atom is 0.124 e. The highest BCUT2D eigenvalue weighted by Crippen LogP contribution is 2.19. The number of hydrogen-bond acceptors (Lipinski definition) is 3. The van der Waals surface area contributed by atoms with Crippen LogP contribution in [0.4, 0.5) is 0 Å². The number of aromatic nitrogens is 2. The van der Waals surface area contributed by atoms with Gasteiger partial charge in [-0.2, -0.15) is 11.8 Å². The Bertz CT molecular complexity index is 590. The molecule has 1 aromatic carbocycles. The van der Waals surface area contributed by atoms with E-state index in [0.717, 1.165) is 24.4 Å². The Hall–Kier alpha value is -0.710. The molecule has 1 fully saturated rings. The van der Waals surface area contributed by atoms with E-state index in [4.69, 9.17) is 11.6 Å². The zero-order valence-electron chi connectivity index (χ0n) is 11.8. The first kappa shape index (κ1) is 14.2. The number of fused-ring (bicyclic) bond motifs is 1. The molecule has 0 amide bonds. The van der Waals surface area contributed by atoms with Gasteiger partial charge in [0, 0.05) is 37.7 Å². The van der Waals surface area contributed by atoms with E-state index in [9.17, 15) is 0 Å². The summed E-state index contributed by atoms with van der Waals surface area (Å²) in [5.74, 6) is 3.97. The third-order valence-electron chi connectivity index (χ3n) is 3.85. The summed E-state index contributed by atoms with van der Waals surface area (Å²) in [4.78, 5) is 7.20. The standard InChI is InChI=1S/C15H20ClN3S/c1-12-2-3-14-13(10-12)17-15(11-16)19(14)5-4-18-6-8-20-9-7-18/h2-3,10H,4-9,11H2,1H3. The van der Waals surface area contributed by atoms with Gasteiger partial charge in [-0.05, 0) is 24.6 Å². The topological polar surface area (TPSA) is 21.1 Å². The minimum atomic E-state index is 0.476. The van der Waals surface area contributed by atoms with Gasteiger partial charge in [-0.1, -0.05) is 6.07 Å². The fraction of sp³-hybridized carbons (Fsp3) is 0.533. The molecule has 0 N–H and O–H groups in total. The van der Waals surface area contributed by atoms with Crippen molar-refractivity contribution in [3.63, 3.8) is 0 Å². The fourth-order valence-electron chi connectivity index (χ4n) is 2.71. The van der Waals surface area contributed by atoms with Gasteiger partial charge < -0.3 is 4.57 Å². The molecule has 0 bridgehead atoms. The molecule has 108 valence electrons. The van der Waals surface area contributed by atoms with Crippen molar-refractivity contribution in [1.82, 2.24) is 14.5 Å². The summed E-state index contributed by atoms with van der Waals surface area (Å²) < 4.78 is 2.28. The molecule has 20 heavy (non-hydrogen) atoms. The van der Waals surface area contributed by atoms with E-state index in [1.165, 1.54) is 35.7 Å². The number of imidazole rings is 1. The Morgan fingerprint density at radius 1 is 1.25 bits per heavy atom. The molecule has 2 aromatic rings. The van der Waals surface area contributed by atoms with Crippen LogP contribution in [-0.2, 0) is 12.4 Å². The van der Waals surface area contributed by atoms with Crippen molar-refractivity contribution < 1.29 is 0 Å². The van der Waals surface area contributed by atoms with Crippen LogP contribution in [-0.4, -0.2) is 45.6 Å². The van der Waals surface area contributed by atoms with Crippen molar-refractivity contribution in [3.05, 3.63) is 29.6 Å². The van der Waals surface area contributed by atoms with Crippen LogP contribution in [0.5, 0.6) is 0 Å². The zero-order chi connectivity index (χ0) is 13.9. The van der Waals surface area contributed by atoms with Crippen LogP contribution >= 0.6 is 23.4 Å². The van der Waals surface area contributed by atoms with Crippen molar-refractivity contribution in [1.29, 1.82) is 0 Å². The summed E-state index contributed by atoms with van der Waals surface area (Å²) in [5.41, 5.74) is 3.52. The van der Waals surface area contributed by atoms with Crippen molar-refractivity contribution in [2.75, 3.05) is 31.1 Å². The number of nitrogens with zero attached hydrogens (tertiary/aromatic N) is 3. The second kappa shape index (κ2) is 6.37. The van der Waals surface area contributed by atoms with Gasteiger partial charge in [0.25, 0.3) is 0 Å². The van der Waals surface area contributed by atoms with Gasteiger partial charge in [-0.25, -0.2) is 4.98 Å². The van der Waals surface area contributed by atoms with Gasteiger partial charge in [0.15, 0.2) is 0 Å². The average Bonchev–Trinajstić information content (AvgIpc) is 2.83. The molecule has 3 nitrogen and oxygen atoms in total. The quantitative estimate of drug-likeness (QED) is 0.810. The summed E-state index contributed by atoms with van der Waals surface area (Å²) in [6, 6.07) is 6.45. The van der Waals surface area contributed by atoms with E-state index in [2.05, 4.69) is 51.3 Å². The Labute approximate surface area is 129 Å². The molecule has 3 rings (SSSR count). The summed E-state index contributed by atoms with van der Waals surface area (Å²) in [5, 5.41) is 0. The Morgan fingerprint density at radius 3 is 2.80 bits per heavy atom. The van der Waals surface area contributed by atoms with Crippen LogP contribution in [0.25, 0.3) is 11.0 Å². The number of aryl methyl sites for hydroxylation is 1. The zero-order valence-corrected chi connectivity index (χ0v) is 13.4. The first-order chi connectivity index (χ1) is 9.78. The number of benzene rings is 1. The Morgan fingerprint density at radius 2 is 2.05 bits per heavy atom. The predicted molar refractivity (Wildman–Crippen MR) is 87.8 cm³/mol. The van der Waals surface area contributed by atoms with Crippen LogP contribution in [0.1, 0.15) is 11.4 Å². The molecule has 0 aliphatic carbocycles. The summed E-state index contributed by atoms with van der Waals surface area (Å²) in [6.45, 7) is 6.57. The first-order valence-electron chi connectivity index (χ1n) is 7.10. The lowest BCUT2D eigenvalue weighted by atomic mass is 10.2. The van der Waals surface area contributed by atoms with Crippen molar-refractivity contribution in [2.45, 2.75) is 19.3 Å². The number of rotatable bonds is 4. The van der Waals surface area contributed by atoms with E-state index in [-0.39, 0.29) is 0 Å². The summed E-state index contributed by atoms with van der Waals surface area (Å²) >= 11 is 8.12. The number of halogens is 1. The third kappa shape index (κ3) is 2.97. The monoisotopic (exact) mass is 309 g/mol. The van der Waals surface area contributed by atoms with Crippen molar-refractivity contribution in [2.24, 2.45) is 0 Å². The summed E-state index contributed by atoms with van der Waals surface area (Å²) in [6.07, 6.45) is 0. The first-order valence-corrected chi connectivity index (χ1v) is 8.78. The van der Waals surface area contributed by atoms with E-state index in [0.29, 0.717) is 5.88 Å². The molecule has 2 heterocycles. The van der Waals surface area contributed by atoms with Gasteiger partial charge in [0.1, 0.15) is 5.82 Å². The van der Waals surface area contributed by atoms with E-state index in [1.54, 1.807) is 0 Å². The molecule has 1 aromatic heterocycles. The molecule has 0 atom stereocenters. The van der Waals surface area contributed by atoms with E-state index < -0.39 is 0 Å². The number of thioether (sulfide) groups is 1. The molecule has 0 radical (unpaired) electrons. The van der Waals surface area contributed by atoms with Crippen LogP contribution in [0, 0.1) is 6.92 Å². The van der Waals surface area contributed by atoms with Crippen LogP contribution in [0.3, 0.4) is 0 Å². The fourth-order valence-corrected chi connectivity index (χ4v) is 3.89. The molecule has 0 saturated carbocycles. The molecule has 1 aliphatic heterocycles. The lowest BCUT2D eigenvalue weighted by Gasteiger charge is -2.26. The summed E-state index contributed by atoms with van der Waals surface area (Å²) in [7, 11) is 0. The smallest absolute Gasteiger partial charge is 0.124 e. The second-order valence-corrected chi connectivity index (χ2v) is 6.75. The minimum Gasteiger partial charge on any atom is -0.326 e. The van der Waals surface area contributed by atoms with Crippen molar-refractivity contribution >= 4 is 34.4 Å². The van der Waals surface area contributed by atoms with E-state index in [1.807, 2.05) is 0 Å². The van der Waals surface area contributed by atoms with Crippen LogP contribution in [0.2, 0.25) is 0 Å². The molecule has 0 spiro atoms. The van der Waals surface area contributed by atoms with Gasteiger partial charge in [-0.15, -0.1) is 11.6 Å². The normalized spacial score (nSPS) is 16.9.